The number of ketones is 1. The van der Waals surface area contributed by atoms with Crippen molar-refractivity contribution in [3.8, 4) is 5.75 Å². The first-order valence-electron chi connectivity index (χ1n) is 8.48. The molecule has 1 amide bonds. The number of carbonyl (C=O) groups excluding carboxylic acids is 3. The number of ether oxygens (including phenoxy) is 2. The summed E-state index contributed by atoms with van der Waals surface area (Å²) >= 11 is 12.1. The molecule has 28 heavy (non-hydrogen) atoms. The van der Waals surface area contributed by atoms with Crippen LogP contribution in [-0.4, -0.2) is 37.9 Å². The van der Waals surface area contributed by atoms with Gasteiger partial charge in [0.1, 0.15) is 5.75 Å². The standard InChI is InChI=1S/C20H17Cl2NO5/c1-27-15-4-2-3-12(7-15)18(24)11-28-20(26)13-8-19(25)23(10-13)17-9-14(21)5-6-16(17)22/h2-7,9,13H,8,10-11H2,1H3. The zero-order valence-electron chi connectivity index (χ0n) is 15.0. The van der Waals surface area contributed by atoms with Crippen molar-refractivity contribution in [1.29, 1.82) is 0 Å². The minimum absolute atomic E-state index is 0.0188. The van der Waals surface area contributed by atoms with Crippen LogP contribution < -0.4 is 9.64 Å². The fraction of sp³-hybridized carbons (Fsp3) is 0.250. The summed E-state index contributed by atoms with van der Waals surface area (Å²) < 4.78 is 10.2. The lowest BCUT2D eigenvalue weighted by molar-refractivity contribution is -0.147. The lowest BCUT2D eigenvalue weighted by atomic mass is 10.1. The molecule has 0 aliphatic carbocycles. The molecular formula is C20H17Cl2NO5. The van der Waals surface area contributed by atoms with Gasteiger partial charge in [0.05, 0.1) is 23.7 Å². The van der Waals surface area contributed by atoms with Crippen molar-refractivity contribution in [2.75, 3.05) is 25.2 Å². The summed E-state index contributed by atoms with van der Waals surface area (Å²) in [6.45, 7) is -0.292. The number of methoxy groups -OCH3 is 1. The highest BCUT2D eigenvalue weighted by atomic mass is 35.5. The summed E-state index contributed by atoms with van der Waals surface area (Å²) in [5, 5.41) is 0.794. The molecule has 0 radical (unpaired) electrons. The van der Waals surface area contributed by atoms with Gasteiger partial charge in [-0.15, -0.1) is 0 Å². The van der Waals surface area contributed by atoms with Crippen molar-refractivity contribution in [1.82, 2.24) is 0 Å². The molecule has 1 aliphatic rings. The molecule has 3 rings (SSSR count). The molecular weight excluding hydrogens is 405 g/mol. The molecule has 1 aliphatic heterocycles. The van der Waals surface area contributed by atoms with Crippen LogP contribution in [0, 0.1) is 5.92 Å². The third kappa shape index (κ3) is 4.46. The van der Waals surface area contributed by atoms with Crippen LogP contribution in [0.1, 0.15) is 16.8 Å². The Hall–Kier alpha value is -2.57. The minimum Gasteiger partial charge on any atom is -0.497 e. The number of hydrogen-bond donors (Lipinski definition) is 0. The van der Waals surface area contributed by atoms with Crippen LogP contribution >= 0.6 is 23.2 Å². The fourth-order valence-electron chi connectivity index (χ4n) is 2.93. The van der Waals surface area contributed by atoms with E-state index in [1.807, 2.05) is 0 Å². The van der Waals surface area contributed by atoms with E-state index in [2.05, 4.69) is 0 Å². The predicted molar refractivity (Wildman–Crippen MR) is 105 cm³/mol. The van der Waals surface area contributed by atoms with E-state index in [-0.39, 0.29) is 24.7 Å². The highest BCUT2D eigenvalue weighted by molar-refractivity contribution is 6.35. The summed E-state index contributed by atoms with van der Waals surface area (Å²) in [7, 11) is 1.50. The zero-order valence-corrected chi connectivity index (χ0v) is 16.5. The Morgan fingerprint density at radius 1 is 1.18 bits per heavy atom. The van der Waals surface area contributed by atoms with E-state index in [0.29, 0.717) is 27.0 Å². The van der Waals surface area contributed by atoms with Crippen LogP contribution in [0.25, 0.3) is 0 Å². The van der Waals surface area contributed by atoms with Gasteiger partial charge in [-0.25, -0.2) is 0 Å². The minimum atomic E-state index is -0.680. The van der Waals surface area contributed by atoms with E-state index in [1.54, 1.807) is 42.5 Å². The number of amides is 1. The Labute approximate surface area is 171 Å². The molecule has 0 aromatic heterocycles. The van der Waals surface area contributed by atoms with Crippen LogP contribution in [0.4, 0.5) is 5.69 Å². The van der Waals surface area contributed by atoms with E-state index < -0.39 is 18.5 Å². The Morgan fingerprint density at radius 3 is 2.71 bits per heavy atom. The molecule has 1 atom stereocenters. The average Bonchev–Trinajstić information content (AvgIpc) is 3.09. The normalized spacial score (nSPS) is 16.2. The van der Waals surface area contributed by atoms with Crippen molar-refractivity contribution < 1.29 is 23.9 Å². The molecule has 0 bridgehead atoms. The van der Waals surface area contributed by atoms with Crippen LogP contribution in [0.15, 0.2) is 42.5 Å². The lowest BCUT2D eigenvalue weighted by Gasteiger charge is -2.18. The number of carbonyl (C=O) groups is 3. The van der Waals surface area contributed by atoms with Crippen LogP contribution in [0.2, 0.25) is 10.0 Å². The number of rotatable bonds is 6. The van der Waals surface area contributed by atoms with Gasteiger partial charge in [-0.1, -0.05) is 35.3 Å². The molecule has 0 spiro atoms. The second-order valence-corrected chi connectivity index (χ2v) is 7.11. The number of benzene rings is 2. The second kappa shape index (κ2) is 8.63. The van der Waals surface area contributed by atoms with Crippen LogP contribution in [-0.2, 0) is 14.3 Å². The van der Waals surface area contributed by atoms with Crippen LogP contribution in [0.5, 0.6) is 5.75 Å². The summed E-state index contributed by atoms with van der Waals surface area (Å²) in [4.78, 5) is 38.3. The number of anilines is 1. The van der Waals surface area contributed by atoms with Gasteiger partial charge >= 0.3 is 5.97 Å². The first-order chi connectivity index (χ1) is 13.4. The molecule has 146 valence electrons. The zero-order chi connectivity index (χ0) is 20.3. The molecule has 8 heteroatoms. The van der Waals surface area contributed by atoms with Gasteiger partial charge in [-0.05, 0) is 30.3 Å². The third-order valence-electron chi connectivity index (χ3n) is 4.39. The molecule has 1 unspecified atom stereocenters. The third-order valence-corrected chi connectivity index (χ3v) is 4.95. The maximum Gasteiger partial charge on any atom is 0.311 e. The summed E-state index contributed by atoms with van der Waals surface area (Å²) in [6.07, 6.45) is -0.0188. The molecule has 0 saturated carbocycles. The first-order valence-corrected chi connectivity index (χ1v) is 9.24. The monoisotopic (exact) mass is 421 g/mol. The summed E-state index contributed by atoms with van der Waals surface area (Å²) in [5.74, 6) is -1.37. The molecule has 1 fully saturated rings. The highest BCUT2D eigenvalue weighted by Gasteiger charge is 2.37. The van der Waals surface area contributed by atoms with Crippen molar-refractivity contribution >= 4 is 46.5 Å². The van der Waals surface area contributed by atoms with E-state index in [0.717, 1.165) is 0 Å². The van der Waals surface area contributed by atoms with Gasteiger partial charge in [0.25, 0.3) is 0 Å². The highest BCUT2D eigenvalue weighted by Crippen LogP contribution is 2.33. The molecule has 1 saturated heterocycles. The van der Waals surface area contributed by atoms with E-state index in [1.165, 1.54) is 12.0 Å². The quantitative estimate of drug-likeness (QED) is 0.524. The van der Waals surface area contributed by atoms with E-state index in [9.17, 15) is 14.4 Å². The number of esters is 1. The number of Topliss-reactive ketones (excluding diaryl/α,β-unsaturated/α-hetero) is 1. The van der Waals surface area contributed by atoms with Gasteiger partial charge < -0.3 is 14.4 Å². The van der Waals surface area contributed by atoms with Gasteiger partial charge in [0.15, 0.2) is 12.4 Å². The van der Waals surface area contributed by atoms with Crippen molar-refractivity contribution in [2.24, 2.45) is 5.92 Å². The topological polar surface area (TPSA) is 72.9 Å². The van der Waals surface area contributed by atoms with Crippen molar-refractivity contribution in [3.63, 3.8) is 0 Å². The average molecular weight is 422 g/mol. The van der Waals surface area contributed by atoms with E-state index in [4.69, 9.17) is 32.7 Å². The van der Waals surface area contributed by atoms with Crippen LogP contribution in [0.3, 0.4) is 0 Å². The largest absolute Gasteiger partial charge is 0.497 e. The van der Waals surface area contributed by atoms with Gasteiger partial charge in [-0.3, -0.25) is 14.4 Å². The fourth-order valence-corrected chi connectivity index (χ4v) is 3.31. The van der Waals surface area contributed by atoms with E-state index >= 15 is 0 Å². The second-order valence-electron chi connectivity index (χ2n) is 6.26. The SMILES string of the molecule is COc1cccc(C(=O)COC(=O)C2CC(=O)N(c3cc(Cl)ccc3Cl)C2)c1. The molecule has 0 N–H and O–H groups in total. The Bertz CT molecular complexity index is 931. The molecule has 6 nitrogen and oxygen atoms in total. The molecule has 1 heterocycles. The van der Waals surface area contributed by atoms with Crippen molar-refractivity contribution in [2.45, 2.75) is 6.42 Å². The summed E-state index contributed by atoms with van der Waals surface area (Å²) in [6, 6.07) is 11.3. The lowest BCUT2D eigenvalue weighted by Crippen LogP contribution is -2.27. The first kappa shape index (κ1) is 20.2. The predicted octanol–water partition coefficient (Wildman–Crippen LogP) is 3.78. The number of halogens is 2. The van der Waals surface area contributed by atoms with Crippen molar-refractivity contribution in [3.05, 3.63) is 58.1 Å². The Kier molecular flexibility index (Phi) is 6.21. The van der Waals surface area contributed by atoms with Gasteiger partial charge in [-0.2, -0.15) is 0 Å². The number of nitrogens with zero attached hydrogens (tertiary/aromatic N) is 1. The molecule has 2 aromatic rings. The van der Waals surface area contributed by atoms with Gasteiger partial charge in [0.2, 0.25) is 5.91 Å². The number of hydrogen-bond acceptors (Lipinski definition) is 5. The maximum absolute atomic E-state index is 12.3. The van der Waals surface area contributed by atoms with Gasteiger partial charge in [0, 0.05) is 23.6 Å². The Morgan fingerprint density at radius 2 is 1.96 bits per heavy atom. The summed E-state index contributed by atoms with van der Waals surface area (Å²) in [5.41, 5.74) is 0.823. The Balaban J connectivity index is 1.61. The molecule has 2 aromatic carbocycles. The smallest absolute Gasteiger partial charge is 0.311 e. The maximum atomic E-state index is 12.3.